The molecule has 0 bridgehead atoms. The molecule has 0 aromatic carbocycles. The van der Waals surface area contributed by atoms with Crippen molar-refractivity contribution in [3.8, 4) is 0 Å². The van der Waals surface area contributed by atoms with E-state index in [1.165, 1.54) is 0 Å². The predicted octanol–water partition coefficient (Wildman–Crippen LogP) is -4.50. The molecule has 0 aliphatic carbocycles. The van der Waals surface area contributed by atoms with Crippen molar-refractivity contribution in [3.63, 3.8) is 0 Å². The lowest BCUT2D eigenvalue weighted by molar-refractivity contribution is -0.378. The fraction of sp³-hybridized carbons (Fsp3) is 1.00. The molecule has 0 aromatic heterocycles. The third-order valence-corrected chi connectivity index (χ3v) is 2.65. The Morgan fingerprint density at radius 2 is 1.69 bits per heavy atom. The Morgan fingerprint density at radius 1 is 1.12 bits per heavy atom. The largest absolute Gasteiger partial charge is 0.394 e. The summed E-state index contributed by atoms with van der Waals surface area (Å²) < 4.78 is 4.71. The predicted molar refractivity (Wildman–Crippen MR) is 48.0 cm³/mol. The van der Waals surface area contributed by atoms with Crippen LogP contribution in [0.2, 0.25) is 0 Å². The Bertz CT molecular complexity index is 234. The van der Waals surface area contributed by atoms with Crippen LogP contribution in [0.15, 0.2) is 0 Å². The highest BCUT2D eigenvalue weighted by atomic mass is 16.7. The third kappa shape index (κ3) is 2.06. The number of hydrogen-bond donors (Lipinski definition) is 7. The van der Waals surface area contributed by atoms with Gasteiger partial charge in [0.05, 0.1) is 13.2 Å². The van der Waals surface area contributed by atoms with Crippen LogP contribution in [0.3, 0.4) is 0 Å². The second-order valence-corrected chi connectivity index (χ2v) is 3.72. The van der Waals surface area contributed by atoms with Crippen LogP contribution in [0, 0.1) is 0 Å². The first-order chi connectivity index (χ1) is 7.38. The van der Waals surface area contributed by atoms with Crippen LogP contribution in [0.25, 0.3) is 0 Å². The summed E-state index contributed by atoms with van der Waals surface area (Å²) in [5, 5.41) is 64.7. The van der Waals surface area contributed by atoms with Gasteiger partial charge in [0, 0.05) is 0 Å². The van der Waals surface area contributed by atoms with Gasteiger partial charge in [-0.25, -0.2) is 0 Å². The van der Waals surface area contributed by atoms with Crippen molar-refractivity contribution in [1.29, 1.82) is 0 Å². The van der Waals surface area contributed by atoms with E-state index in [4.69, 9.17) is 14.9 Å². The molecule has 1 aliphatic heterocycles. The SMILES string of the molecule is OC[C@@H](O)[C@]1(O)O[C@H](CO)[C@@H](O)[C@H](O)[C@H]1O. The van der Waals surface area contributed by atoms with E-state index >= 15 is 0 Å². The zero-order valence-electron chi connectivity index (χ0n) is 8.34. The summed E-state index contributed by atoms with van der Waals surface area (Å²) in [6, 6.07) is 0. The summed E-state index contributed by atoms with van der Waals surface area (Å²) in [5.74, 6) is -2.64. The van der Waals surface area contributed by atoms with Crippen molar-refractivity contribution >= 4 is 0 Å². The lowest BCUT2D eigenvalue weighted by Crippen LogP contribution is -2.69. The summed E-state index contributed by atoms with van der Waals surface area (Å²) in [6.45, 7) is -1.65. The summed E-state index contributed by atoms with van der Waals surface area (Å²) in [4.78, 5) is 0. The summed E-state index contributed by atoms with van der Waals surface area (Å²) in [7, 11) is 0. The van der Waals surface area contributed by atoms with Crippen molar-refractivity contribution in [2.45, 2.75) is 36.3 Å². The molecule has 16 heavy (non-hydrogen) atoms. The van der Waals surface area contributed by atoms with Gasteiger partial charge in [-0.1, -0.05) is 0 Å². The molecule has 1 heterocycles. The summed E-state index contributed by atoms with van der Waals surface area (Å²) >= 11 is 0. The van der Waals surface area contributed by atoms with Crippen LogP contribution in [-0.4, -0.2) is 85.3 Å². The topological polar surface area (TPSA) is 151 Å². The maximum Gasteiger partial charge on any atom is 0.224 e. The second kappa shape index (κ2) is 4.90. The van der Waals surface area contributed by atoms with Gasteiger partial charge in [0.1, 0.15) is 30.5 Å². The number of hydrogen-bond acceptors (Lipinski definition) is 8. The van der Waals surface area contributed by atoms with Crippen LogP contribution < -0.4 is 0 Å². The maximum absolute atomic E-state index is 9.73. The fourth-order valence-electron chi connectivity index (χ4n) is 1.58. The smallest absolute Gasteiger partial charge is 0.224 e. The maximum atomic E-state index is 9.73. The Kier molecular flexibility index (Phi) is 4.21. The van der Waals surface area contributed by atoms with Gasteiger partial charge >= 0.3 is 0 Å². The number of ether oxygens (including phenoxy) is 1. The van der Waals surface area contributed by atoms with Crippen molar-refractivity contribution in [1.82, 2.24) is 0 Å². The van der Waals surface area contributed by atoms with E-state index in [0.29, 0.717) is 0 Å². The zero-order chi connectivity index (χ0) is 12.5. The molecule has 0 saturated carbocycles. The van der Waals surface area contributed by atoms with Gasteiger partial charge in [-0.15, -0.1) is 0 Å². The quantitative estimate of drug-likeness (QED) is 0.261. The molecule has 1 fully saturated rings. The standard InChI is InChI=1S/C8H16O8/c9-1-3-5(12)6(13)7(14)8(15,16-3)4(11)2-10/h3-7,9-15H,1-2H2/t3-,4-,5-,6+,7-,8+/m1/s1. The van der Waals surface area contributed by atoms with Gasteiger partial charge in [-0.3, -0.25) is 0 Å². The Morgan fingerprint density at radius 3 is 2.12 bits per heavy atom. The van der Waals surface area contributed by atoms with Gasteiger partial charge in [-0.2, -0.15) is 0 Å². The molecule has 8 heteroatoms. The van der Waals surface area contributed by atoms with E-state index < -0.39 is 49.5 Å². The minimum atomic E-state index is -2.64. The van der Waals surface area contributed by atoms with E-state index in [1.807, 2.05) is 0 Å². The average molecular weight is 240 g/mol. The highest BCUT2D eigenvalue weighted by Gasteiger charge is 2.56. The Balaban J connectivity index is 2.93. The Hall–Kier alpha value is -0.320. The lowest BCUT2D eigenvalue weighted by atomic mass is 9.89. The van der Waals surface area contributed by atoms with Gasteiger partial charge in [0.25, 0.3) is 0 Å². The van der Waals surface area contributed by atoms with Crippen LogP contribution >= 0.6 is 0 Å². The molecule has 8 nitrogen and oxygen atoms in total. The number of aliphatic hydroxyl groups excluding tert-OH is 6. The van der Waals surface area contributed by atoms with Crippen LogP contribution in [0.5, 0.6) is 0 Å². The number of aliphatic hydroxyl groups is 7. The average Bonchev–Trinajstić information content (AvgIpc) is 2.30. The number of rotatable bonds is 3. The first-order valence-electron chi connectivity index (χ1n) is 4.72. The van der Waals surface area contributed by atoms with E-state index in [2.05, 4.69) is 0 Å². The van der Waals surface area contributed by atoms with E-state index in [-0.39, 0.29) is 0 Å². The van der Waals surface area contributed by atoms with Gasteiger partial charge in [0.15, 0.2) is 0 Å². The van der Waals surface area contributed by atoms with Crippen molar-refractivity contribution in [2.24, 2.45) is 0 Å². The molecule has 1 saturated heterocycles. The third-order valence-electron chi connectivity index (χ3n) is 2.65. The normalized spacial score (nSPS) is 46.7. The highest BCUT2D eigenvalue weighted by Crippen LogP contribution is 2.30. The molecule has 0 unspecified atom stereocenters. The second-order valence-electron chi connectivity index (χ2n) is 3.72. The molecule has 6 atom stereocenters. The van der Waals surface area contributed by atoms with Crippen LogP contribution in [0.4, 0.5) is 0 Å². The minimum Gasteiger partial charge on any atom is -0.394 e. The van der Waals surface area contributed by atoms with E-state index in [9.17, 15) is 25.5 Å². The first kappa shape index (κ1) is 13.7. The fourth-order valence-corrected chi connectivity index (χ4v) is 1.58. The molecule has 1 rings (SSSR count). The lowest BCUT2D eigenvalue weighted by Gasteiger charge is -2.46. The monoisotopic (exact) mass is 240 g/mol. The van der Waals surface area contributed by atoms with Gasteiger partial charge in [0.2, 0.25) is 5.79 Å². The molecule has 1 aliphatic rings. The zero-order valence-corrected chi connectivity index (χ0v) is 8.34. The first-order valence-corrected chi connectivity index (χ1v) is 4.72. The van der Waals surface area contributed by atoms with Crippen molar-refractivity contribution in [2.75, 3.05) is 13.2 Å². The minimum absolute atomic E-state index is 0.731. The molecular weight excluding hydrogens is 224 g/mol. The summed E-state index contributed by atoms with van der Waals surface area (Å²) in [6.07, 6.45) is -8.67. The van der Waals surface area contributed by atoms with Crippen molar-refractivity contribution < 1.29 is 40.5 Å². The highest BCUT2D eigenvalue weighted by molar-refractivity contribution is 4.99. The molecule has 0 radical (unpaired) electrons. The molecule has 0 aromatic rings. The molecule has 7 N–H and O–H groups in total. The van der Waals surface area contributed by atoms with Crippen LogP contribution in [0.1, 0.15) is 0 Å². The molecule has 96 valence electrons. The Labute approximate surface area is 91.0 Å². The van der Waals surface area contributed by atoms with Crippen molar-refractivity contribution in [3.05, 3.63) is 0 Å². The summed E-state index contributed by atoms with van der Waals surface area (Å²) in [5.41, 5.74) is 0. The van der Waals surface area contributed by atoms with Crippen LogP contribution in [-0.2, 0) is 4.74 Å². The molecule has 0 amide bonds. The molecular formula is C8H16O8. The van der Waals surface area contributed by atoms with Gasteiger partial charge < -0.3 is 40.5 Å². The van der Waals surface area contributed by atoms with E-state index in [0.717, 1.165) is 0 Å². The molecule has 0 spiro atoms. The van der Waals surface area contributed by atoms with E-state index in [1.54, 1.807) is 0 Å². The van der Waals surface area contributed by atoms with Gasteiger partial charge in [-0.05, 0) is 0 Å².